The lowest BCUT2D eigenvalue weighted by atomic mass is 10.0. The number of rotatable bonds is 3. The molecular weight excluding hydrogens is 298 g/mol. The lowest BCUT2D eigenvalue weighted by molar-refractivity contribution is 0.492. The van der Waals surface area contributed by atoms with Crippen molar-refractivity contribution in [1.29, 1.82) is 0 Å². The summed E-state index contributed by atoms with van der Waals surface area (Å²) in [4.78, 5) is 2.48. The molecule has 1 aliphatic rings. The minimum Gasteiger partial charge on any atom is -0.367 e. The zero-order valence-corrected chi connectivity index (χ0v) is 12.8. The van der Waals surface area contributed by atoms with E-state index in [4.69, 9.17) is 11.6 Å². The molecule has 3 heteroatoms. The topological polar surface area (TPSA) is 3.24 Å². The summed E-state index contributed by atoms with van der Waals surface area (Å²) < 4.78 is 0. The average Bonchev–Trinajstić information content (AvgIpc) is 2.77. The van der Waals surface area contributed by atoms with Crippen LogP contribution < -0.4 is 4.90 Å². The van der Waals surface area contributed by atoms with Gasteiger partial charge < -0.3 is 4.90 Å². The van der Waals surface area contributed by atoms with Crippen molar-refractivity contribution in [3.8, 4) is 0 Å². The molecule has 0 aliphatic carbocycles. The van der Waals surface area contributed by atoms with Crippen molar-refractivity contribution in [1.82, 2.24) is 0 Å². The molecule has 0 saturated carbocycles. The Hall–Kier alpha value is -0.210. The normalized spacial score (nSPS) is 20.3. The van der Waals surface area contributed by atoms with Gasteiger partial charge in [0.05, 0.1) is 10.7 Å². The van der Waals surface area contributed by atoms with E-state index >= 15 is 0 Å². The molecule has 1 heterocycles. The minimum absolute atomic E-state index is 0.641. The number of nitrogens with zero attached hydrogens (tertiary/aromatic N) is 1. The fourth-order valence-electron chi connectivity index (χ4n) is 2.65. The van der Waals surface area contributed by atoms with Crippen molar-refractivity contribution >= 4 is 33.2 Å². The third kappa shape index (κ3) is 2.79. The summed E-state index contributed by atoms with van der Waals surface area (Å²) in [7, 11) is 0. The summed E-state index contributed by atoms with van der Waals surface area (Å²) in [6.07, 6.45) is 2.56. The Morgan fingerprint density at radius 3 is 2.82 bits per heavy atom. The Bertz CT molecular complexity index is 392. The second-order valence-corrected chi connectivity index (χ2v) is 6.03. The van der Waals surface area contributed by atoms with Gasteiger partial charge in [0.15, 0.2) is 0 Å². The molecule has 94 valence electrons. The predicted molar refractivity (Wildman–Crippen MR) is 79.3 cm³/mol. The van der Waals surface area contributed by atoms with Gasteiger partial charge in [-0.15, -0.1) is 0 Å². The maximum absolute atomic E-state index is 6.40. The second kappa shape index (κ2) is 5.62. The smallest absolute Gasteiger partial charge is 0.0642 e. The first-order valence-corrected chi connectivity index (χ1v) is 7.74. The molecule has 0 N–H and O–H groups in total. The van der Waals surface area contributed by atoms with Crippen LogP contribution in [-0.2, 0) is 5.33 Å². The van der Waals surface area contributed by atoms with E-state index in [9.17, 15) is 0 Å². The van der Waals surface area contributed by atoms with E-state index in [2.05, 4.69) is 52.9 Å². The predicted octanol–water partition coefficient (Wildman–Crippen LogP) is 4.86. The summed E-state index contributed by atoms with van der Waals surface area (Å²) in [5.74, 6) is 0.685. The van der Waals surface area contributed by atoms with Crippen LogP contribution in [-0.4, -0.2) is 12.6 Å². The molecule has 1 saturated heterocycles. The standard InChI is InChI=1S/C14H19BrClN/c1-10(2)13-4-3-7-17(13)14-6-5-11(9-15)8-12(14)16/h5-6,8,10,13H,3-4,7,9H2,1-2H3. The van der Waals surface area contributed by atoms with Crippen LogP contribution in [0.25, 0.3) is 0 Å². The van der Waals surface area contributed by atoms with Crippen LogP contribution >= 0.6 is 27.5 Å². The lowest BCUT2D eigenvalue weighted by Crippen LogP contribution is -2.33. The molecule has 0 spiro atoms. The Kier molecular flexibility index (Phi) is 4.37. The van der Waals surface area contributed by atoms with Gasteiger partial charge in [0.2, 0.25) is 0 Å². The first kappa shape index (κ1) is 13.2. The third-order valence-electron chi connectivity index (χ3n) is 3.54. The van der Waals surface area contributed by atoms with Crippen LogP contribution in [0, 0.1) is 5.92 Å². The molecule has 1 atom stereocenters. The van der Waals surface area contributed by atoms with Crippen molar-refractivity contribution in [2.24, 2.45) is 5.92 Å². The molecule has 1 aromatic carbocycles. The van der Waals surface area contributed by atoms with Crippen LogP contribution in [0.5, 0.6) is 0 Å². The minimum atomic E-state index is 0.641. The number of anilines is 1. The van der Waals surface area contributed by atoms with E-state index in [1.165, 1.54) is 24.1 Å². The molecule has 1 fully saturated rings. The number of hydrogen-bond donors (Lipinski definition) is 0. The molecule has 1 aromatic rings. The summed E-state index contributed by atoms with van der Waals surface area (Å²) >= 11 is 9.86. The molecule has 1 nitrogen and oxygen atoms in total. The molecule has 0 radical (unpaired) electrons. The molecular formula is C14H19BrClN. The average molecular weight is 317 g/mol. The van der Waals surface area contributed by atoms with Gasteiger partial charge in [0.1, 0.15) is 0 Å². The van der Waals surface area contributed by atoms with Gasteiger partial charge in [-0.25, -0.2) is 0 Å². The fourth-order valence-corrected chi connectivity index (χ4v) is 3.31. The SMILES string of the molecule is CC(C)C1CCCN1c1ccc(CBr)cc1Cl. The van der Waals surface area contributed by atoms with E-state index in [0.717, 1.165) is 16.9 Å². The van der Waals surface area contributed by atoms with Crippen molar-refractivity contribution in [3.05, 3.63) is 28.8 Å². The van der Waals surface area contributed by atoms with Crippen molar-refractivity contribution in [2.45, 2.75) is 38.1 Å². The maximum atomic E-state index is 6.40. The molecule has 0 bridgehead atoms. The van der Waals surface area contributed by atoms with Gasteiger partial charge in [-0.1, -0.05) is 47.4 Å². The Morgan fingerprint density at radius 1 is 1.47 bits per heavy atom. The second-order valence-electron chi connectivity index (χ2n) is 5.07. The first-order chi connectivity index (χ1) is 8.13. The zero-order valence-electron chi connectivity index (χ0n) is 10.4. The Balaban J connectivity index is 2.27. The highest BCUT2D eigenvalue weighted by molar-refractivity contribution is 9.08. The van der Waals surface area contributed by atoms with Crippen molar-refractivity contribution in [3.63, 3.8) is 0 Å². The highest BCUT2D eigenvalue weighted by Gasteiger charge is 2.28. The van der Waals surface area contributed by atoms with Gasteiger partial charge in [0.25, 0.3) is 0 Å². The van der Waals surface area contributed by atoms with Gasteiger partial charge in [-0.3, -0.25) is 0 Å². The number of halogens is 2. The molecule has 1 aliphatic heterocycles. The van der Waals surface area contributed by atoms with Crippen LogP contribution in [0.2, 0.25) is 5.02 Å². The summed E-state index contributed by atoms with van der Waals surface area (Å²) in [5.41, 5.74) is 2.44. The van der Waals surface area contributed by atoms with Crippen molar-refractivity contribution in [2.75, 3.05) is 11.4 Å². The molecule has 1 unspecified atom stereocenters. The van der Waals surface area contributed by atoms with Crippen molar-refractivity contribution < 1.29 is 0 Å². The van der Waals surface area contributed by atoms with E-state index < -0.39 is 0 Å². The van der Waals surface area contributed by atoms with Crippen LogP contribution in [0.15, 0.2) is 18.2 Å². The number of hydrogen-bond acceptors (Lipinski definition) is 1. The Morgan fingerprint density at radius 2 is 2.24 bits per heavy atom. The van der Waals surface area contributed by atoms with E-state index in [0.29, 0.717) is 12.0 Å². The van der Waals surface area contributed by atoms with Crippen LogP contribution in [0.3, 0.4) is 0 Å². The highest BCUT2D eigenvalue weighted by Crippen LogP contribution is 2.35. The Labute approximate surface area is 117 Å². The van der Waals surface area contributed by atoms with Crippen LogP contribution in [0.1, 0.15) is 32.3 Å². The maximum Gasteiger partial charge on any atom is 0.0642 e. The van der Waals surface area contributed by atoms with Gasteiger partial charge in [-0.05, 0) is 36.5 Å². The summed E-state index contributed by atoms with van der Waals surface area (Å²) in [6.45, 7) is 5.73. The monoisotopic (exact) mass is 315 g/mol. The van der Waals surface area contributed by atoms with E-state index in [-0.39, 0.29) is 0 Å². The van der Waals surface area contributed by atoms with Crippen LogP contribution in [0.4, 0.5) is 5.69 Å². The van der Waals surface area contributed by atoms with E-state index in [1.54, 1.807) is 0 Å². The first-order valence-electron chi connectivity index (χ1n) is 6.24. The van der Waals surface area contributed by atoms with E-state index in [1.807, 2.05) is 0 Å². The molecule has 0 aromatic heterocycles. The summed E-state index contributed by atoms with van der Waals surface area (Å²) in [6, 6.07) is 7.04. The van der Waals surface area contributed by atoms with Gasteiger partial charge in [0, 0.05) is 17.9 Å². The van der Waals surface area contributed by atoms with Gasteiger partial charge in [-0.2, -0.15) is 0 Å². The summed E-state index contributed by atoms with van der Waals surface area (Å²) in [5, 5.41) is 1.75. The quantitative estimate of drug-likeness (QED) is 0.720. The number of benzene rings is 1. The highest BCUT2D eigenvalue weighted by atomic mass is 79.9. The largest absolute Gasteiger partial charge is 0.367 e. The molecule has 0 amide bonds. The fraction of sp³-hybridized carbons (Fsp3) is 0.571. The molecule has 2 rings (SSSR count). The lowest BCUT2D eigenvalue weighted by Gasteiger charge is -2.30. The molecule has 17 heavy (non-hydrogen) atoms. The number of alkyl halides is 1. The van der Waals surface area contributed by atoms with Gasteiger partial charge >= 0.3 is 0 Å². The zero-order chi connectivity index (χ0) is 12.4. The third-order valence-corrected chi connectivity index (χ3v) is 4.49.